The van der Waals surface area contributed by atoms with E-state index in [-0.39, 0.29) is 22.5 Å². The van der Waals surface area contributed by atoms with Gasteiger partial charge in [-0.1, -0.05) is 24.3 Å². The average molecular weight is 414 g/mol. The molecule has 3 aromatic rings. The van der Waals surface area contributed by atoms with Gasteiger partial charge in [0.15, 0.2) is 0 Å². The molecule has 0 aliphatic carbocycles. The summed E-state index contributed by atoms with van der Waals surface area (Å²) >= 11 is 0. The van der Waals surface area contributed by atoms with Gasteiger partial charge in [0.2, 0.25) is 0 Å². The third-order valence-corrected chi connectivity index (χ3v) is 5.56. The first-order valence-corrected chi connectivity index (χ1v) is 10.3. The molecule has 29 heavy (non-hydrogen) atoms. The Labute approximate surface area is 168 Å². The summed E-state index contributed by atoms with van der Waals surface area (Å²) < 4.78 is 35.3. The van der Waals surface area contributed by atoms with Gasteiger partial charge in [0.05, 0.1) is 18.6 Å². The van der Waals surface area contributed by atoms with Crippen molar-refractivity contribution < 1.29 is 18.4 Å². The summed E-state index contributed by atoms with van der Waals surface area (Å²) in [6.45, 7) is 1.81. The van der Waals surface area contributed by atoms with E-state index in [9.17, 15) is 13.6 Å². The lowest BCUT2D eigenvalue weighted by atomic mass is 10.0. The Morgan fingerprint density at radius 3 is 2.55 bits per heavy atom. The number of rotatable bonds is 5. The zero-order chi connectivity index (χ0) is 21.2. The molecular formula is C20H22N4O4S. The second-order valence-corrected chi connectivity index (χ2v) is 8.15. The molecule has 0 fully saturated rings. The molecule has 0 saturated carbocycles. The van der Waals surface area contributed by atoms with Crippen molar-refractivity contribution in [1.82, 2.24) is 4.73 Å². The zero-order valence-electron chi connectivity index (χ0n) is 16.0. The van der Waals surface area contributed by atoms with Crippen molar-refractivity contribution >= 4 is 21.4 Å². The van der Waals surface area contributed by atoms with Crippen molar-refractivity contribution in [2.45, 2.75) is 12.7 Å². The molecule has 1 aromatic heterocycles. The molecule has 152 valence electrons. The quantitative estimate of drug-likeness (QED) is 0.433. The highest BCUT2D eigenvalue weighted by molar-refractivity contribution is 7.89. The van der Waals surface area contributed by atoms with Gasteiger partial charge in [0, 0.05) is 23.0 Å². The van der Waals surface area contributed by atoms with E-state index in [4.69, 9.17) is 16.2 Å². The number of hydrogen-bond donors (Lipinski definition) is 3. The van der Waals surface area contributed by atoms with Crippen LogP contribution in [0.3, 0.4) is 0 Å². The highest BCUT2D eigenvalue weighted by Gasteiger charge is 2.16. The smallest absolute Gasteiger partial charge is 0.258 e. The van der Waals surface area contributed by atoms with E-state index in [1.807, 2.05) is 6.92 Å². The summed E-state index contributed by atoms with van der Waals surface area (Å²) in [6.07, 6.45) is 1.29. The van der Waals surface area contributed by atoms with Crippen molar-refractivity contribution in [3.63, 3.8) is 0 Å². The topological polar surface area (TPSA) is 133 Å². The molecule has 0 bridgehead atoms. The number of ether oxygens (including phenoxy) is 1. The van der Waals surface area contributed by atoms with Crippen molar-refractivity contribution in [2.75, 3.05) is 18.6 Å². The van der Waals surface area contributed by atoms with Crippen LogP contribution in [0.4, 0.5) is 11.4 Å². The van der Waals surface area contributed by atoms with Gasteiger partial charge in [-0.15, -0.1) is 0 Å². The largest absolute Gasteiger partial charge is 0.496 e. The average Bonchev–Trinajstić information content (AvgIpc) is 2.66. The number of benzene rings is 2. The maximum absolute atomic E-state index is 12.7. The molecule has 0 aliphatic heterocycles. The van der Waals surface area contributed by atoms with Crippen molar-refractivity contribution in [3.05, 3.63) is 71.2 Å². The Morgan fingerprint density at radius 2 is 1.86 bits per heavy atom. The predicted molar refractivity (Wildman–Crippen MR) is 112 cm³/mol. The lowest BCUT2D eigenvalue weighted by molar-refractivity contribution is 0.189. The maximum atomic E-state index is 12.7. The number of methoxy groups -OCH3 is 1. The van der Waals surface area contributed by atoms with Crippen LogP contribution in [0.25, 0.3) is 11.3 Å². The summed E-state index contributed by atoms with van der Waals surface area (Å²) in [6, 6.07) is 13.3. The minimum Gasteiger partial charge on any atom is -0.496 e. The lowest BCUT2D eigenvalue weighted by Gasteiger charge is -2.13. The molecule has 0 amide bonds. The highest BCUT2D eigenvalue weighted by atomic mass is 32.2. The molecule has 5 N–H and O–H groups in total. The van der Waals surface area contributed by atoms with Crippen molar-refractivity contribution in [1.29, 1.82) is 0 Å². The summed E-state index contributed by atoms with van der Waals surface area (Å²) in [5.74, 6) is 0.111. The molecular weight excluding hydrogens is 392 g/mol. The summed E-state index contributed by atoms with van der Waals surface area (Å²) in [5, 5.41) is 10.3. The van der Waals surface area contributed by atoms with Gasteiger partial charge in [-0.3, -0.25) is 0 Å². The fourth-order valence-electron chi connectivity index (χ4n) is 3.05. The summed E-state index contributed by atoms with van der Waals surface area (Å²) in [7, 11) is -2.45. The molecule has 0 saturated heterocycles. The first kappa shape index (κ1) is 20.3. The van der Waals surface area contributed by atoms with Crippen molar-refractivity contribution in [2.24, 2.45) is 4.40 Å². The van der Waals surface area contributed by atoms with Crippen LogP contribution >= 0.6 is 0 Å². The van der Waals surface area contributed by atoms with Crippen LogP contribution in [0.5, 0.6) is 5.75 Å². The Balaban J connectivity index is 2.10. The van der Waals surface area contributed by atoms with Crippen LogP contribution in [0.2, 0.25) is 0 Å². The third-order valence-electron chi connectivity index (χ3n) is 4.41. The number of aryl methyl sites for hydroxylation is 1. The van der Waals surface area contributed by atoms with Gasteiger partial charge < -0.3 is 21.4 Å². The number of nitrogens with zero attached hydrogens (tertiary/aromatic N) is 2. The number of nitrogen functional groups attached to an aromatic ring is 2. The first-order valence-electron chi connectivity index (χ1n) is 8.69. The third kappa shape index (κ3) is 4.35. The summed E-state index contributed by atoms with van der Waals surface area (Å²) in [4.78, 5) is 0. The molecule has 8 nitrogen and oxygen atoms in total. The van der Waals surface area contributed by atoms with E-state index < -0.39 is 10.0 Å². The van der Waals surface area contributed by atoms with Gasteiger partial charge in [-0.25, -0.2) is 8.42 Å². The molecule has 1 heterocycles. The Morgan fingerprint density at radius 1 is 1.14 bits per heavy atom. The van der Waals surface area contributed by atoms with E-state index in [2.05, 4.69) is 4.40 Å². The zero-order valence-corrected chi connectivity index (χ0v) is 16.8. The van der Waals surface area contributed by atoms with E-state index in [1.54, 1.807) is 42.5 Å². The van der Waals surface area contributed by atoms with Crippen LogP contribution in [0, 0.1) is 6.92 Å². The molecule has 3 rings (SSSR count). The number of nitrogens with two attached hydrogens (primary N) is 2. The normalized spacial score (nSPS) is 12.1. The monoisotopic (exact) mass is 414 g/mol. The van der Waals surface area contributed by atoms with E-state index in [0.29, 0.717) is 22.6 Å². The van der Waals surface area contributed by atoms with E-state index in [0.717, 1.165) is 10.3 Å². The lowest BCUT2D eigenvalue weighted by Crippen LogP contribution is -2.18. The van der Waals surface area contributed by atoms with Gasteiger partial charge in [-0.2, -0.15) is 9.13 Å². The number of aromatic nitrogens is 1. The molecule has 9 heteroatoms. The van der Waals surface area contributed by atoms with Gasteiger partial charge >= 0.3 is 0 Å². The van der Waals surface area contributed by atoms with Crippen LogP contribution in [-0.4, -0.2) is 25.5 Å². The first-order chi connectivity index (χ1) is 13.7. The molecule has 0 radical (unpaired) electrons. The predicted octanol–water partition coefficient (Wildman–Crippen LogP) is 2.30. The maximum Gasteiger partial charge on any atom is 0.258 e. The second-order valence-electron chi connectivity index (χ2n) is 6.51. The van der Waals surface area contributed by atoms with Crippen LogP contribution < -0.4 is 21.6 Å². The Kier molecular flexibility index (Phi) is 5.51. The molecule has 0 aliphatic rings. The van der Waals surface area contributed by atoms with Gasteiger partial charge in [0.1, 0.15) is 16.8 Å². The number of pyridine rings is 1. The van der Waals surface area contributed by atoms with Gasteiger partial charge in [-0.05, 0) is 36.8 Å². The van der Waals surface area contributed by atoms with Crippen LogP contribution in [0.15, 0.2) is 59.1 Å². The fraction of sp³-hybridized carbons (Fsp3) is 0.150. The number of hydrogen-bond acceptors (Lipinski definition) is 6. The molecule has 0 spiro atoms. The summed E-state index contributed by atoms with van der Waals surface area (Å²) in [5.41, 5.74) is 14.7. The van der Waals surface area contributed by atoms with E-state index >= 15 is 0 Å². The number of para-hydroxylation sites is 1. The van der Waals surface area contributed by atoms with Crippen LogP contribution in [-0.2, 0) is 15.8 Å². The fourth-order valence-corrected chi connectivity index (χ4v) is 4.21. The highest BCUT2D eigenvalue weighted by Crippen LogP contribution is 2.27. The Bertz CT molecular complexity index is 1230. The minimum absolute atomic E-state index is 0.0338. The molecule has 0 unspecified atom stereocenters. The minimum atomic E-state index is -3.92. The Hall–Kier alpha value is -3.46. The van der Waals surface area contributed by atoms with Crippen LogP contribution in [0.1, 0.15) is 11.1 Å². The second kappa shape index (κ2) is 7.88. The molecule has 2 aromatic carbocycles. The standard InChI is InChI=1S/C20H22N4O4S/c1-13-11-15(21)7-8-16(13)20-19(22)17(9-10-24(20)25)23-29(26,27)12-14-5-3-4-6-18(14)28-2/h3-11,25H,12,21-22H2,1-2H3. The SMILES string of the molecule is COc1ccccc1CS(=O)(=O)N=c1ccn(O)c(-c2ccc(N)cc2C)c1N. The van der Waals surface area contributed by atoms with Crippen molar-refractivity contribution in [3.8, 4) is 17.0 Å². The van der Waals surface area contributed by atoms with E-state index in [1.165, 1.54) is 19.4 Å². The number of anilines is 2. The van der Waals surface area contributed by atoms with Gasteiger partial charge in [0.25, 0.3) is 10.0 Å². The number of sulfonamides is 1. The molecule has 0 atom stereocenters.